The topological polar surface area (TPSA) is 44.8 Å². The van der Waals surface area contributed by atoms with Crippen LogP contribution >= 0.6 is 0 Å². The monoisotopic (exact) mass is 343 g/mol. The van der Waals surface area contributed by atoms with Crippen LogP contribution in [0.4, 0.5) is 10.5 Å². The van der Waals surface area contributed by atoms with Gasteiger partial charge in [-0.25, -0.2) is 4.79 Å². The molecule has 0 aromatic heterocycles. The van der Waals surface area contributed by atoms with E-state index in [4.69, 9.17) is 4.74 Å². The number of fused-ring (bicyclic) bond motifs is 3. The molecule has 4 rings (SSSR count). The van der Waals surface area contributed by atoms with Gasteiger partial charge in [0.1, 0.15) is 5.75 Å². The Bertz CT molecular complexity index is 671. The summed E-state index contributed by atoms with van der Waals surface area (Å²) in [5, 5.41) is 3.03. The Morgan fingerprint density at radius 3 is 2.76 bits per heavy atom. The summed E-state index contributed by atoms with van der Waals surface area (Å²) in [7, 11) is 4.35. The van der Waals surface area contributed by atoms with Gasteiger partial charge in [-0.05, 0) is 50.1 Å². The maximum atomic E-state index is 12.3. The zero-order valence-corrected chi connectivity index (χ0v) is 15.5. The van der Waals surface area contributed by atoms with Crippen molar-refractivity contribution in [2.24, 2.45) is 0 Å². The van der Waals surface area contributed by atoms with Crippen molar-refractivity contribution in [3.63, 3.8) is 0 Å². The van der Waals surface area contributed by atoms with Crippen molar-refractivity contribution in [2.75, 3.05) is 25.5 Å². The number of likely N-dealkylation sites (N-methyl/N-ethyl adjacent to an activating group) is 2. The Morgan fingerprint density at radius 1 is 1.24 bits per heavy atom. The number of benzene rings is 1. The third kappa shape index (κ3) is 2.78. The molecule has 0 bridgehead atoms. The largest absolute Gasteiger partial charge is 0.412 e. The summed E-state index contributed by atoms with van der Waals surface area (Å²) in [6.07, 6.45) is 7.00. The Morgan fingerprint density at radius 2 is 2.00 bits per heavy atom. The smallest absolute Gasteiger partial charge is 0.410 e. The number of anilines is 1. The molecular formula is C20H29N3O2. The van der Waals surface area contributed by atoms with E-state index in [9.17, 15) is 4.79 Å². The molecule has 2 fully saturated rings. The van der Waals surface area contributed by atoms with Crippen LogP contribution in [0, 0.1) is 0 Å². The van der Waals surface area contributed by atoms with Crippen LogP contribution in [0.3, 0.4) is 0 Å². The van der Waals surface area contributed by atoms with Gasteiger partial charge >= 0.3 is 6.09 Å². The number of nitrogens with one attached hydrogen (secondary N) is 1. The van der Waals surface area contributed by atoms with Crippen LogP contribution in [-0.2, 0) is 5.41 Å². The fraction of sp³-hybridized carbons (Fsp3) is 0.650. The first-order valence-electron chi connectivity index (χ1n) is 9.55. The Balaban J connectivity index is 1.50. The van der Waals surface area contributed by atoms with Crippen LogP contribution in [0.5, 0.6) is 5.75 Å². The van der Waals surface area contributed by atoms with E-state index in [2.05, 4.69) is 48.3 Å². The van der Waals surface area contributed by atoms with Gasteiger partial charge in [0.05, 0.1) is 6.17 Å². The fourth-order valence-electron chi connectivity index (χ4n) is 5.17. The van der Waals surface area contributed by atoms with Crippen LogP contribution in [0.2, 0.25) is 0 Å². The molecule has 3 aliphatic rings. The molecule has 136 valence electrons. The molecule has 1 saturated heterocycles. The third-order valence-electron chi connectivity index (χ3n) is 6.44. The predicted molar refractivity (Wildman–Crippen MR) is 99.3 cm³/mol. The maximum Gasteiger partial charge on any atom is 0.412 e. The Kier molecular flexibility index (Phi) is 4.14. The predicted octanol–water partition coefficient (Wildman–Crippen LogP) is 3.48. The normalized spacial score (nSPS) is 29.4. The summed E-state index contributed by atoms with van der Waals surface area (Å²) >= 11 is 0. The van der Waals surface area contributed by atoms with Crippen molar-refractivity contribution < 1.29 is 9.53 Å². The molecule has 1 N–H and O–H groups in total. The molecule has 25 heavy (non-hydrogen) atoms. The molecule has 1 saturated carbocycles. The lowest BCUT2D eigenvalue weighted by Gasteiger charge is -2.32. The number of rotatable bonds is 2. The van der Waals surface area contributed by atoms with Gasteiger partial charge in [-0.1, -0.05) is 26.2 Å². The summed E-state index contributed by atoms with van der Waals surface area (Å²) in [4.78, 5) is 17.0. The average Bonchev–Trinajstić information content (AvgIpc) is 3.01. The van der Waals surface area contributed by atoms with Crippen molar-refractivity contribution in [1.82, 2.24) is 10.2 Å². The molecule has 1 aromatic rings. The van der Waals surface area contributed by atoms with Crippen molar-refractivity contribution in [1.29, 1.82) is 0 Å². The molecule has 5 heteroatoms. The minimum atomic E-state index is -0.316. The van der Waals surface area contributed by atoms with Gasteiger partial charge in [0, 0.05) is 30.7 Å². The second-order valence-corrected chi connectivity index (χ2v) is 8.18. The molecule has 0 spiro atoms. The van der Waals surface area contributed by atoms with Crippen LogP contribution in [-0.4, -0.2) is 43.8 Å². The molecule has 1 aliphatic carbocycles. The van der Waals surface area contributed by atoms with Gasteiger partial charge in [0.15, 0.2) is 0 Å². The molecule has 2 aliphatic heterocycles. The zero-order valence-electron chi connectivity index (χ0n) is 15.5. The lowest BCUT2D eigenvalue weighted by atomic mass is 9.81. The number of hydrogen-bond acceptors (Lipinski definition) is 4. The van der Waals surface area contributed by atoms with E-state index in [1.165, 1.54) is 30.5 Å². The highest BCUT2D eigenvalue weighted by molar-refractivity contribution is 5.72. The van der Waals surface area contributed by atoms with Crippen molar-refractivity contribution in [3.8, 4) is 5.75 Å². The van der Waals surface area contributed by atoms with Gasteiger partial charge in [0.25, 0.3) is 0 Å². The first-order chi connectivity index (χ1) is 12.0. The second kappa shape index (κ2) is 6.20. The third-order valence-corrected chi connectivity index (χ3v) is 6.44. The Labute approximate surface area is 150 Å². The van der Waals surface area contributed by atoms with Gasteiger partial charge < -0.3 is 15.0 Å². The summed E-state index contributed by atoms with van der Waals surface area (Å²) < 4.78 is 5.62. The molecule has 1 aromatic carbocycles. The van der Waals surface area contributed by atoms with E-state index < -0.39 is 0 Å². The van der Waals surface area contributed by atoms with Gasteiger partial charge in [0.2, 0.25) is 0 Å². The number of carbonyl (C=O) groups is 1. The minimum Gasteiger partial charge on any atom is -0.410 e. The first-order valence-corrected chi connectivity index (χ1v) is 9.55. The molecular weight excluding hydrogens is 314 g/mol. The van der Waals surface area contributed by atoms with Gasteiger partial charge in [-0.15, -0.1) is 0 Å². The van der Waals surface area contributed by atoms with Crippen LogP contribution < -0.4 is 15.0 Å². The molecule has 2 heterocycles. The average molecular weight is 343 g/mol. The van der Waals surface area contributed by atoms with E-state index >= 15 is 0 Å². The SMILES string of the molecule is CN1CC[C@@]2(C)c3cc(OC(=O)NC4CCCCC4)ccc3N(C)C12. The van der Waals surface area contributed by atoms with Crippen molar-refractivity contribution >= 4 is 11.8 Å². The van der Waals surface area contributed by atoms with Gasteiger partial charge in [-0.3, -0.25) is 4.90 Å². The zero-order chi connectivity index (χ0) is 17.6. The molecule has 1 unspecified atom stereocenters. The highest BCUT2D eigenvalue weighted by Gasteiger charge is 2.52. The van der Waals surface area contributed by atoms with Crippen LogP contribution in [0.1, 0.15) is 51.0 Å². The maximum absolute atomic E-state index is 12.3. The summed E-state index contributed by atoms with van der Waals surface area (Å²) in [5.74, 6) is 0.650. The van der Waals surface area contributed by atoms with Gasteiger partial charge in [-0.2, -0.15) is 0 Å². The summed E-state index contributed by atoms with van der Waals surface area (Å²) in [6, 6.07) is 6.36. The van der Waals surface area contributed by atoms with E-state index in [-0.39, 0.29) is 17.6 Å². The van der Waals surface area contributed by atoms with E-state index in [1.807, 2.05) is 6.07 Å². The molecule has 1 amide bonds. The summed E-state index contributed by atoms with van der Waals surface area (Å²) in [6.45, 7) is 3.42. The highest BCUT2D eigenvalue weighted by Crippen LogP contribution is 2.51. The van der Waals surface area contributed by atoms with Crippen LogP contribution in [0.15, 0.2) is 18.2 Å². The number of hydrogen-bond donors (Lipinski definition) is 1. The highest BCUT2D eigenvalue weighted by atomic mass is 16.6. The molecule has 5 nitrogen and oxygen atoms in total. The van der Waals surface area contributed by atoms with Crippen molar-refractivity contribution in [2.45, 2.75) is 63.1 Å². The Hall–Kier alpha value is -1.75. The lowest BCUT2D eigenvalue weighted by Crippen LogP contribution is -2.45. The first kappa shape index (κ1) is 16.7. The fourth-order valence-corrected chi connectivity index (χ4v) is 5.17. The van der Waals surface area contributed by atoms with E-state index in [0.29, 0.717) is 11.9 Å². The quantitative estimate of drug-likeness (QED) is 0.893. The number of likely N-dealkylation sites (tertiary alicyclic amines) is 1. The number of carbonyl (C=O) groups excluding carboxylic acids is 1. The molecule has 2 atom stereocenters. The standard InChI is InChI=1S/C20H29N3O2/c1-20-11-12-22(2)18(20)23(3)17-10-9-15(13-16(17)20)25-19(24)21-14-7-5-4-6-8-14/h9-10,13-14,18H,4-8,11-12H2,1-3H3,(H,21,24)/t18?,20-/m0/s1. The number of nitrogens with zero attached hydrogens (tertiary/aromatic N) is 2. The minimum absolute atomic E-state index is 0.0953. The van der Waals surface area contributed by atoms with E-state index in [0.717, 1.165) is 25.8 Å². The second-order valence-electron chi connectivity index (χ2n) is 8.18. The lowest BCUT2D eigenvalue weighted by molar-refractivity contribution is 0.192. The van der Waals surface area contributed by atoms with E-state index in [1.54, 1.807) is 0 Å². The number of amides is 1. The van der Waals surface area contributed by atoms with Crippen molar-refractivity contribution in [3.05, 3.63) is 23.8 Å². The number of ether oxygens (including phenoxy) is 1. The molecule has 0 radical (unpaired) electrons. The summed E-state index contributed by atoms with van der Waals surface area (Å²) in [5.41, 5.74) is 2.64. The van der Waals surface area contributed by atoms with Crippen LogP contribution in [0.25, 0.3) is 0 Å².